The molecule has 3 aromatic rings. The van der Waals surface area contributed by atoms with Gasteiger partial charge in [-0.3, -0.25) is 20.2 Å². The normalized spacial score (nSPS) is 14.1. The summed E-state index contributed by atoms with van der Waals surface area (Å²) in [6.07, 6.45) is 1.50. The molecule has 0 bridgehead atoms. The lowest BCUT2D eigenvalue weighted by molar-refractivity contribution is -0.123. The number of benzene rings is 2. The fraction of sp³-hybridized carbons (Fsp3) is 0.0526. The van der Waals surface area contributed by atoms with Crippen LogP contribution in [0.1, 0.15) is 11.4 Å². The SMILES string of the molecule is O=C1NC(=S)NC(=O)C1=Cc1ccc(OCc2nc3ccccc3[nH]2)cc1. The Bertz CT molecular complexity index is 1030. The molecule has 4 rings (SSSR count). The summed E-state index contributed by atoms with van der Waals surface area (Å²) < 4.78 is 5.73. The molecule has 7 nitrogen and oxygen atoms in total. The molecule has 0 saturated carbocycles. The number of nitrogens with zero attached hydrogens (tertiary/aromatic N) is 1. The third kappa shape index (κ3) is 3.70. The first-order valence-electron chi connectivity index (χ1n) is 8.13. The molecular weight excluding hydrogens is 364 g/mol. The number of amides is 2. The number of para-hydroxylation sites is 2. The number of carbonyl (C=O) groups is 2. The van der Waals surface area contributed by atoms with E-state index in [1.54, 1.807) is 24.3 Å². The molecule has 1 aliphatic heterocycles. The maximum absolute atomic E-state index is 11.9. The summed E-state index contributed by atoms with van der Waals surface area (Å²) in [6, 6.07) is 14.8. The van der Waals surface area contributed by atoms with Gasteiger partial charge in [0.15, 0.2) is 5.11 Å². The van der Waals surface area contributed by atoms with Crippen LogP contribution in [0.2, 0.25) is 0 Å². The number of imidazole rings is 1. The second-order valence-electron chi connectivity index (χ2n) is 5.85. The Kier molecular flexibility index (Phi) is 4.39. The van der Waals surface area contributed by atoms with Crippen molar-refractivity contribution in [2.24, 2.45) is 0 Å². The largest absolute Gasteiger partial charge is 0.486 e. The Labute approximate surface area is 159 Å². The van der Waals surface area contributed by atoms with Crippen LogP contribution >= 0.6 is 12.2 Å². The van der Waals surface area contributed by atoms with Gasteiger partial charge in [-0.15, -0.1) is 0 Å². The molecule has 0 atom stereocenters. The van der Waals surface area contributed by atoms with Gasteiger partial charge in [0.1, 0.15) is 23.8 Å². The summed E-state index contributed by atoms with van der Waals surface area (Å²) in [5.74, 6) is 0.341. The fourth-order valence-corrected chi connectivity index (χ4v) is 2.84. The molecule has 8 heteroatoms. The summed E-state index contributed by atoms with van der Waals surface area (Å²) in [5.41, 5.74) is 2.54. The van der Waals surface area contributed by atoms with Gasteiger partial charge in [-0.1, -0.05) is 24.3 Å². The summed E-state index contributed by atoms with van der Waals surface area (Å²) in [5, 5.41) is 4.81. The number of hydrogen-bond donors (Lipinski definition) is 3. The van der Waals surface area contributed by atoms with Gasteiger partial charge in [-0.25, -0.2) is 4.98 Å². The number of nitrogens with one attached hydrogen (secondary N) is 3. The summed E-state index contributed by atoms with van der Waals surface area (Å²) in [7, 11) is 0. The van der Waals surface area contributed by atoms with E-state index in [-0.39, 0.29) is 10.7 Å². The highest BCUT2D eigenvalue weighted by Gasteiger charge is 2.25. The minimum atomic E-state index is -0.519. The van der Waals surface area contributed by atoms with Gasteiger partial charge in [0.05, 0.1) is 11.0 Å². The van der Waals surface area contributed by atoms with Crippen LogP contribution in [0.3, 0.4) is 0 Å². The number of H-pyrrole nitrogens is 1. The number of aromatic nitrogens is 2. The van der Waals surface area contributed by atoms with Crippen molar-refractivity contribution < 1.29 is 14.3 Å². The van der Waals surface area contributed by atoms with E-state index in [2.05, 4.69) is 20.6 Å². The average molecular weight is 378 g/mol. The lowest BCUT2D eigenvalue weighted by atomic mass is 10.1. The van der Waals surface area contributed by atoms with Crippen LogP contribution in [0.25, 0.3) is 17.1 Å². The van der Waals surface area contributed by atoms with Crippen LogP contribution in [0.4, 0.5) is 0 Å². The van der Waals surface area contributed by atoms with Gasteiger partial charge >= 0.3 is 0 Å². The van der Waals surface area contributed by atoms with Crippen molar-refractivity contribution in [1.82, 2.24) is 20.6 Å². The molecule has 27 heavy (non-hydrogen) atoms. The van der Waals surface area contributed by atoms with Crippen LogP contribution in [0.5, 0.6) is 5.75 Å². The second-order valence-corrected chi connectivity index (χ2v) is 6.26. The first-order valence-corrected chi connectivity index (χ1v) is 8.54. The molecule has 3 N–H and O–H groups in total. The quantitative estimate of drug-likeness (QED) is 0.367. The van der Waals surface area contributed by atoms with Crippen LogP contribution in [-0.2, 0) is 16.2 Å². The highest BCUT2D eigenvalue weighted by molar-refractivity contribution is 7.80. The number of fused-ring (bicyclic) bond motifs is 1. The minimum Gasteiger partial charge on any atom is -0.486 e. The zero-order valence-corrected chi connectivity index (χ0v) is 14.8. The highest BCUT2D eigenvalue weighted by atomic mass is 32.1. The van der Waals surface area contributed by atoms with Crippen LogP contribution in [0.15, 0.2) is 54.1 Å². The minimum absolute atomic E-state index is 0.000422. The summed E-state index contributed by atoms with van der Waals surface area (Å²) in [4.78, 5) is 31.4. The Morgan fingerprint density at radius 3 is 2.41 bits per heavy atom. The molecule has 1 aliphatic rings. The molecule has 0 radical (unpaired) electrons. The zero-order valence-electron chi connectivity index (χ0n) is 14.0. The Morgan fingerprint density at radius 2 is 1.70 bits per heavy atom. The number of rotatable bonds is 4. The van der Waals surface area contributed by atoms with Crippen molar-refractivity contribution in [2.75, 3.05) is 0 Å². The standard InChI is InChI=1S/C19H14N4O3S/c24-17-13(18(25)23-19(27)22-17)9-11-5-7-12(8-6-11)26-10-16-20-14-3-1-2-4-15(14)21-16/h1-9H,10H2,(H,20,21)(H2,22,23,24,25,27). The highest BCUT2D eigenvalue weighted by Crippen LogP contribution is 2.17. The van der Waals surface area contributed by atoms with Gasteiger partial charge in [0.25, 0.3) is 11.8 Å². The second kappa shape index (κ2) is 7.00. The summed E-state index contributed by atoms with van der Waals surface area (Å²) >= 11 is 4.77. The number of hydrogen-bond acceptors (Lipinski definition) is 5. The Morgan fingerprint density at radius 1 is 1.00 bits per heavy atom. The first kappa shape index (κ1) is 16.9. The van der Waals surface area contributed by atoms with Gasteiger partial charge in [0.2, 0.25) is 0 Å². The van der Waals surface area contributed by atoms with Crippen molar-refractivity contribution in [3.8, 4) is 5.75 Å². The number of thiocarbonyl (C=S) groups is 1. The molecule has 0 aliphatic carbocycles. The van der Waals surface area contributed by atoms with E-state index in [4.69, 9.17) is 17.0 Å². The van der Waals surface area contributed by atoms with Crippen molar-refractivity contribution in [2.45, 2.75) is 6.61 Å². The van der Waals surface area contributed by atoms with E-state index >= 15 is 0 Å². The first-order chi connectivity index (χ1) is 13.1. The molecule has 2 aromatic carbocycles. The molecule has 134 valence electrons. The van der Waals surface area contributed by atoms with Gasteiger partial charge < -0.3 is 9.72 Å². The third-order valence-corrected chi connectivity index (χ3v) is 4.15. The van der Waals surface area contributed by atoms with Gasteiger partial charge in [-0.05, 0) is 48.1 Å². The predicted octanol–water partition coefficient (Wildman–Crippen LogP) is 2.06. The molecule has 1 aromatic heterocycles. The fourth-order valence-electron chi connectivity index (χ4n) is 2.66. The maximum atomic E-state index is 11.9. The average Bonchev–Trinajstić information content (AvgIpc) is 3.07. The zero-order chi connectivity index (χ0) is 18.8. The van der Waals surface area contributed by atoms with Crippen molar-refractivity contribution >= 4 is 46.3 Å². The molecule has 2 amide bonds. The van der Waals surface area contributed by atoms with Crippen molar-refractivity contribution in [3.63, 3.8) is 0 Å². The van der Waals surface area contributed by atoms with E-state index in [0.29, 0.717) is 17.9 Å². The summed E-state index contributed by atoms with van der Waals surface area (Å²) in [6.45, 7) is 0.303. The van der Waals surface area contributed by atoms with E-state index in [1.165, 1.54) is 6.08 Å². The van der Waals surface area contributed by atoms with Gasteiger partial charge in [-0.2, -0.15) is 0 Å². The number of ether oxygens (including phenoxy) is 1. The van der Waals surface area contributed by atoms with E-state index in [1.807, 2.05) is 24.3 Å². The smallest absolute Gasteiger partial charge is 0.263 e. The predicted molar refractivity (Wildman–Crippen MR) is 104 cm³/mol. The van der Waals surface area contributed by atoms with Gasteiger partial charge in [0, 0.05) is 0 Å². The molecule has 2 heterocycles. The van der Waals surface area contributed by atoms with Crippen molar-refractivity contribution in [3.05, 3.63) is 65.5 Å². The monoisotopic (exact) mass is 378 g/mol. The van der Waals surface area contributed by atoms with Crippen LogP contribution in [0, 0.1) is 0 Å². The molecule has 1 saturated heterocycles. The van der Waals surface area contributed by atoms with E-state index in [9.17, 15) is 9.59 Å². The van der Waals surface area contributed by atoms with E-state index < -0.39 is 11.8 Å². The Hall–Kier alpha value is -3.52. The van der Waals surface area contributed by atoms with Crippen LogP contribution < -0.4 is 15.4 Å². The third-order valence-electron chi connectivity index (χ3n) is 3.95. The lowest BCUT2D eigenvalue weighted by Gasteiger charge is -2.16. The topological polar surface area (TPSA) is 96.1 Å². The maximum Gasteiger partial charge on any atom is 0.263 e. The van der Waals surface area contributed by atoms with Crippen molar-refractivity contribution in [1.29, 1.82) is 0 Å². The molecule has 0 spiro atoms. The Balaban J connectivity index is 1.44. The number of carbonyl (C=O) groups excluding carboxylic acids is 2. The number of aromatic amines is 1. The molecular formula is C19H14N4O3S. The molecule has 0 unspecified atom stereocenters. The lowest BCUT2D eigenvalue weighted by Crippen LogP contribution is -2.51. The van der Waals surface area contributed by atoms with E-state index in [0.717, 1.165) is 16.9 Å². The van der Waals surface area contributed by atoms with Crippen LogP contribution in [-0.4, -0.2) is 26.9 Å². The molecule has 1 fully saturated rings.